The smallest absolute Gasteiger partial charge is 0.256 e. The van der Waals surface area contributed by atoms with Crippen molar-refractivity contribution >= 4 is 38.2 Å². The van der Waals surface area contributed by atoms with Gasteiger partial charge in [0.25, 0.3) is 11.8 Å². The van der Waals surface area contributed by atoms with E-state index in [1.807, 2.05) is 13.8 Å². The van der Waals surface area contributed by atoms with Crippen LogP contribution in [0.25, 0.3) is 0 Å². The lowest BCUT2D eigenvalue weighted by molar-refractivity contribution is 0.0999. The predicted octanol–water partition coefficient (Wildman–Crippen LogP) is 3.68. The molecule has 0 unspecified atom stereocenters. The molecule has 4 N–H and O–H groups in total. The maximum absolute atomic E-state index is 13.1. The Labute approximate surface area is 211 Å². The zero-order valence-corrected chi connectivity index (χ0v) is 22.5. The first-order chi connectivity index (χ1) is 16.2. The molecule has 0 bridgehead atoms. The summed E-state index contributed by atoms with van der Waals surface area (Å²) in [4.78, 5) is 26.6. The number of carbonyl (C=O) groups excluding carboxylic acids is 2. The van der Waals surface area contributed by atoms with Crippen molar-refractivity contribution in [2.75, 3.05) is 18.4 Å². The summed E-state index contributed by atoms with van der Waals surface area (Å²) >= 11 is 1.35. The third-order valence-electron chi connectivity index (χ3n) is 6.69. The van der Waals surface area contributed by atoms with Gasteiger partial charge in [-0.3, -0.25) is 9.59 Å². The molecule has 3 heterocycles. The molecule has 1 saturated heterocycles. The molecule has 1 atom stereocenters. The highest BCUT2D eigenvalue weighted by Gasteiger charge is 2.41. The van der Waals surface area contributed by atoms with E-state index in [0.717, 1.165) is 23.3 Å². The number of hydrogen-bond acceptors (Lipinski definition) is 6. The number of nitrogens with zero attached hydrogens (tertiary/aromatic N) is 1. The topological polar surface area (TPSA) is 122 Å². The van der Waals surface area contributed by atoms with Gasteiger partial charge >= 0.3 is 0 Å². The highest BCUT2D eigenvalue weighted by atomic mass is 32.2. The molecule has 1 aromatic heterocycles. The Bertz CT molecular complexity index is 1260. The van der Waals surface area contributed by atoms with E-state index in [9.17, 15) is 18.0 Å². The molecule has 2 aliphatic heterocycles. The molecule has 1 aromatic carbocycles. The van der Waals surface area contributed by atoms with Gasteiger partial charge in [-0.25, -0.2) is 8.42 Å². The minimum atomic E-state index is -3.60. The first kappa shape index (κ1) is 25.8. The fraction of sp³-hybridized carbons (Fsp3) is 0.520. The molecule has 4 rings (SSSR count). The van der Waals surface area contributed by atoms with E-state index in [0.29, 0.717) is 41.6 Å². The van der Waals surface area contributed by atoms with Gasteiger partial charge in [-0.2, -0.15) is 4.31 Å². The van der Waals surface area contributed by atoms with Crippen molar-refractivity contribution in [2.45, 2.75) is 69.9 Å². The van der Waals surface area contributed by atoms with Gasteiger partial charge in [0, 0.05) is 34.6 Å². The van der Waals surface area contributed by atoms with Crippen molar-refractivity contribution in [1.29, 1.82) is 0 Å². The standard InChI is InChI=1S/C25H34N4O4S2/c1-15-7-6-12-29(14-15)35(32,33)17-10-8-16(9-11-17)22(31)27-23-19(21(26)30)18-13-24(2,3)28-25(4,5)20(18)34-23/h8-11,15,28H,6-7,12-14H2,1-5H3,(H2,26,30)(H,27,31)/t15-/m1/s1. The van der Waals surface area contributed by atoms with E-state index >= 15 is 0 Å². The number of primary amides is 1. The normalized spacial score (nSPS) is 21.8. The lowest BCUT2D eigenvalue weighted by atomic mass is 9.81. The minimum Gasteiger partial charge on any atom is -0.365 e. The molecular weight excluding hydrogens is 484 g/mol. The lowest BCUT2D eigenvalue weighted by Gasteiger charge is -2.42. The average Bonchev–Trinajstić information content (AvgIpc) is 3.11. The van der Waals surface area contributed by atoms with Crippen LogP contribution in [0.2, 0.25) is 0 Å². The first-order valence-corrected chi connectivity index (χ1v) is 14.1. The van der Waals surface area contributed by atoms with Gasteiger partial charge in [-0.05, 0) is 82.7 Å². The summed E-state index contributed by atoms with van der Waals surface area (Å²) < 4.78 is 27.6. The molecule has 0 radical (unpaired) electrons. The Balaban J connectivity index is 1.59. The van der Waals surface area contributed by atoms with Gasteiger partial charge in [0.05, 0.1) is 10.5 Å². The summed E-state index contributed by atoms with van der Waals surface area (Å²) in [6, 6.07) is 5.93. The molecular formula is C25H34N4O4S2. The van der Waals surface area contributed by atoms with Gasteiger partial charge in [0.15, 0.2) is 0 Å². The zero-order valence-electron chi connectivity index (χ0n) is 20.9. The van der Waals surface area contributed by atoms with Gasteiger partial charge in [0.2, 0.25) is 10.0 Å². The minimum absolute atomic E-state index is 0.169. The highest BCUT2D eigenvalue weighted by Crippen LogP contribution is 2.45. The first-order valence-electron chi connectivity index (χ1n) is 11.9. The number of anilines is 1. The van der Waals surface area contributed by atoms with Crippen LogP contribution in [0.3, 0.4) is 0 Å². The van der Waals surface area contributed by atoms with E-state index in [1.54, 1.807) is 0 Å². The van der Waals surface area contributed by atoms with Crippen LogP contribution in [0.15, 0.2) is 29.2 Å². The number of fused-ring (bicyclic) bond motifs is 1. The van der Waals surface area contributed by atoms with Crippen LogP contribution in [-0.4, -0.2) is 43.2 Å². The largest absolute Gasteiger partial charge is 0.365 e. The van der Waals surface area contributed by atoms with Crippen molar-refractivity contribution in [3.63, 3.8) is 0 Å². The Hall–Kier alpha value is -2.27. The highest BCUT2D eigenvalue weighted by molar-refractivity contribution is 7.89. The van der Waals surface area contributed by atoms with Crippen LogP contribution in [-0.2, 0) is 22.0 Å². The second-order valence-electron chi connectivity index (χ2n) is 10.9. The maximum Gasteiger partial charge on any atom is 0.256 e. The number of piperidine rings is 1. The van der Waals surface area contributed by atoms with Crippen molar-refractivity contribution in [1.82, 2.24) is 9.62 Å². The molecule has 2 amide bonds. The number of nitrogens with one attached hydrogen (secondary N) is 2. The second kappa shape index (κ2) is 8.99. The van der Waals surface area contributed by atoms with E-state index in [-0.39, 0.29) is 10.4 Å². The van der Waals surface area contributed by atoms with Crippen LogP contribution in [0, 0.1) is 5.92 Å². The fourth-order valence-corrected chi connectivity index (χ4v) is 8.22. The van der Waals surface area contributed by atoms with Crippen LogP contribution < -0.4 is 16.4 Å². The number of thiophene rings is 1. The molecule has 0 aliphatic carbocycles. The van der Waals surface area contributed by atoms with Crippen LogP contribution in [0.1, 0.15) is 78.6 Å². The van der Waals surface area contributed by atoms with Gasteiger partial charge in [0.1, 0.15) is 5.00 Å². The van der Waals surface area contributed by atoms with Crippen molar-refractivity contribution in [2.24, 2.45) is 11.7 Å². The molecule has 2 aliphatic rings. The summed E-state index contributed by atoms with van der Waals surface area (Å²) in [5.41, 5.74) is 6.63. The summed E-state index contributed by atoms with van der Waals surface area (Å²) in [6.45, 7) is 11.3. The monoisotopic (exact) mass is 518 g/mol. The molecule has 10 heteroatoms. The van der Waals surface area contributed by atoms with Gasteiger partial charge in [-0.1, -0.05) is 6.92 Å². The molecule has 2 aromatic rings. The van der Waals surface area contributed by atoms with Gasteiger partial charge < -0.3 is 16.4 Å². The fourth-order valence-electron chi connectivity index (χ4n) is 5.34. The summed E-state index contributed by atoms with van der Waals surface area (Å²) in [5, 5.41) is 6.85. The number of benzene rings is 1. The molecule has 8 nitrogen and oxygen atoms in total. The number of rotatable bonds is 5. The Morgan fingerprint density at radius 3 is 2.43 bits per heavy atom. The average molecular weight is 519 g/mol. The molecule has 0 spiro atoms. The van der Waals surface area contributed by atoms with E-state index in [2.05, 4.69) is 31.4 Å². The maximum atomic E-state index is 13.1. The van der Waals surface area contributed by atoms with Gasteiger partial charge in [-0.15, -0.1) is 11.3 Å². The summed E-state index contributed by atoms with van der Waals surface area (Å²) in [6.07, 6.45) is 2.48. The van der Waals surface area contributed by atoms with Crippen LogP contribution in [0.4, 0.5) is 5.00 Å². The number of sulfonamides is 1. The summed E-state index contributed by atoms with van der Waals surface area (Å²) in [5.74, 6) is -0.680. The van der Waals surface area contributed by atoms with Crippen molar-refractivity contribution < 1.29 is 18.0 Å². The van der Waals surface area contributed by atoms with Crippen LogP contribution >= 0.6 is 11.3 Å². The number of nitrogens with two attached hydrogens (primary N) is 1. The quantitative estimate of drug-likeness (QED) is 0.557. The zero-order chi connectivity index (χ0) is 25.8. The SMILES string of the molecule is C[C@@H]1CCCN(S(=O)(=O)c2ccc(C(=O)Nc3sc4c(c3C(N)=O)CC(C)(C)NC4(C)C)cc2)C1. The number of carbonyl (C=O) groups is 2. The third-order valence-corrected chi connectivity index (χ3v) is 10.0. The summed E-state index contributed by atoms with van der Waals surface area (Å²) in [7, 11) is -3.60. The molecule has 1 fully saturated rings. The van der Waals surface area contributed by atoms with E-state index < -0.39 is 27.4 Å². The van der Waals surface area contributed by atoms with Crippen LogP contribution in [0.5, 0.6) is 0 Å². The number of hydrogen-bond donors (Lipinski definition) is 3. The molecule has 190 valence electrons. The molecule has 0 saturated carbocycles. The van der Waals surface area contributed by atoms with E-state index in [1.165, 1.54) is 39.9 Å². The molecule has 35 heavy (non-hydrogen) atoms. The van der Waals surface area contributed by atoms with Crippen molar-refractivity contribution in [3.05, 3.63) is 45.8 Å². The Kier molecular flexibility index (Phi) is 6.63. The lowest BCUT2D eigenvalue weighted by Crippen LogP contribution is -2.55. The Morgan fingerprint density at radius 2 is 1.83 bits per heavy atom. The van der Waals surface area contributed by atoms with Crippen molar-refractivity contribution in [3.8, 4) is 0 Å². The van der Waals surface area contributed by atoms with E-state index in [4.69, 9.17) is 5.73 Å². The number of amides is 2. The second-order valence-corrected chi connectivity index (χ2v) is 13.8. The Morgan fingerprint density at radius 1 is 1.17 bits per heavy atom. The predicted molar refractivity (Wildman–Crippen MR) is 138 cm³/mol. The third kappa shape index (κ3) is 5.02.